The van der Waals surface area contributed by atoms with E-state index in [4.69, 9.17) is 0 Å². The van der Waals surface area contributed by atoms with E-state index in [2.05, 4.69) is 46.4 Å². The van der Waals surface area contributed by atoms with Crippen LogP contribution in [0.15, 0.2) is 30.5 Å². The third-order valence-electron chi connectivity index (χ3n) is 4.20. The normalized spacial score (nSPS) is 16.8. The molecular weight excluding hydrogens is 306 g/mol. The number of nitrogens with zero attached hydrogens (tertiary/aromatic N) is 2. The van der Waals surface area contributed by atoms with Crippen LogP contribution in [0.5, 0.6) is 0 Å². The fraction of sp³-hybridized carbons (Fsp3) is 0.500. The van der Waals surface area contributed by atoms with E-state index in [1.165, 1.54) is 28.8 Å². The molecule has 2 aromatic rings. The van der Waals surface area contributed by atoms with Crippen LogP contribution in [0.2, 0.25) is 0 Å². The number of aromatic nitrogens is 1. The van der Waals surface area contributed by atoms with Gasteiger partial charge in [0, 0.05) is 36.3 Å². The predicted octanol–water partition coefficient (Wildman–Crippen LogP) is 2.66. The minimum absolute atomic E-state index is 0.294. The number of hydrogen-bond acceptors (Lipinski definition) is 5. The molecule has 1 unspecified atom stereocenters. The standard InChI is InChI=1S/C18H25N3OS/c1-14-4-6-15(7-5-14)18-20-12-17(23-18)11-19-10-16(22)13-21-8-2-3-9-21/h4-7,12,16,19,22H,2-3,8-11,13H2,1H3. The van der Waals surface area contributed by atoms with Crippen LogP contribution in [-0.2, 0) is 6.54 Å². The molecular formula is C18H25N3OS. The second-order valence-electron chi connectivity index (χ2n) is 6.29. The summed E-state index contributed by atoms with van der Waals surface area (Å²) in [6.07, 6.45) is 4.17. The lowest BCUT2D eigenvalue weighted by molar-refractivity contribution is 0.123. The molecule has 23 heavy (non-hydrogen) atoms. The van der Waals surface area contributed by atoms with Gasteiger partial charge in [-0.3, -0.25) is 0 Å². The first-order valence-electron chi connectivity index (χ1n) is 8.33. The topological polar surface area (TPSA) is 48.4 Å². The van der Waals surface area contributed by atoms with Crippen molar-refractivity contribution in [3.63, 3.8) is 0 Å². The highest BCUT2D eigenvalue weighted by molar-refractivity contribution is 7.15. The Morgan fingerprint density at radius 3 is 2.74 bits per heavy atom. The van der Waals surface area contributed by atoms with Crippen molar-refractivity contribution in [3.05, 3.63) is 40.9 Å². The summed E-state index contributed by atoms with van der Waals surface area (Å²) in [6, 6.07) is 8.46. The molecule has 1 saturated heterocycles. The van der Waals surface area contributed by atoms with Gasteiger partial charge in [0.25, 0.3) is 0 Å². The molecule has 4 nitrogen and oxygen atoms in total. The van der Waals surface area contributed by atoms with Crippen LogP contribution in [-0.4, -0.2) is 47.3 Å². The first kappa shape index (κ1) is 16.6. The van der Waals surface area contributed by atoms with E-state index >= 15 is 0 Å². The van der Waals surface area contributed by atoms with Crippen LogP contribution < -0.4 is 5.32 Å². The maximum Gasteiger partial charge on any atom is 0.123 e. The Morgan fingerprint density at radius 1 is 1.26 bits per heavy atom. The molecule has 0 bridgehead atoms. The molecule has 0 radical (unpaired) electrons. The summed E-state index contributed by atoms with van der Waals surface area (Å²) in [5.74, 6) is 0. The Kier molecular flexibility index (Phi) is 5.78. The van der Waals surface area contributed by atoms with Crippen molar-refractivity contribution in [1.29, 1.82) is 0 Å². The van der Waals surface area contributed by atoms with Crippen LogP contribution in [0.4, 0.5) is 0 Å². The van der Waals surface area contributed by atoms with Gasteiger partial charge in [-0.2, -0.15) is 0 Å². The van der Waals surface area contributed by atoms with E-state index in [0.29, 0.717) is 6.54 Å². The lowest BCUT2D eigenvalue weighted by Crippen LogP contribution is -2.36. The summed E-state index contributed by atoms with van der Waals surface area (Å²) in [7, 11) is 0. The summed E-state index contributed by atoms with van der Waals surface area (Å²) in [5.41, 5.74) is 2.43. The molecule has 1 atom stereocenters. The third-order valence-corrected chi connectivity index (χ3v) is 5.25. The average molecular weight is 331 g/mol. The van der Waals surface area contributed by atoms with Gasteiger partial charge >= 0.3 is 0 Å². The highest BCUT2D eigenvalue weighted by Crippen LogP contribution is 2.25. The number of nitrogens with one attached hydrogen (secondary N) is 1. The Bertz CT molecular complexity index is 605. The zero-order chi connectivity index (χ0) is 16.1. The quantitative estimate of drug-likeness (QED) is 0.819. The molecule has 2 heterocycles. The van der Waals surface area contributed by atoms with Crippen molar-refractivity contribution in [2.24, 2.45) is 0 Å². The van der Waals surface area contributed by atoms with Crippen molar-refractivity contribution in [1.82, 2.24) is 15.2 Å². The van der Waals surface area contributed by atoms with Crippen LogP contribution >= 0.6 is 11.3 Å². The number of aliphatic hydroxyl groups excluding tert-OH is 1. The summed E-state index contributed by atoms with van der Waals surface area (Å²) < 4.78 is 0. The van der Waals surface area contributed by atoms with Crippen molar-refractivity contribution in [3.8, 4) is 10.6 Å². The highest BCUT2D eigenvalue weighted by Gasteiger charge is 2.15. The van der Waals surface area contributed by atoms with E-state index in [9.17, 15) is 5.11 Å². The fourth-order valence-electron chi connectivity index (χ4n) is 2.91. The summed E-state index contributed by atoms with van der Waals surface area (Å²) in [4.78, 5) is 8.05. The molecule has 3 rings (SSSR count). The lowest BCUT2D eigenvalue weighted by atomic mass is 10.2. The maximum absolute atomic E-state index is 10.1. The van der Waals surface area contributed by atoms with E-state index < -0.39 is 0 Å². The molecule has 5 heteroatoms. The first-order valence-corrected chi connectivity index (χ1v) is 9.15. The molecule has 0 aliphatic carbocycles. The zero-order valence-corrected chi connectivity index (χ0v) is 14.5. The van der Waals surface area contributed by atoms with Gasteiger partial charge < -0.3 is 15.3 Å². The Morgan fingerprint density at radius 2 is 2.00 bits per heavy atom. The van der Waals surface area contributed by atoms with Gasteiger partial charge in [-0.15, -0.1) is 11.3 Å². The van der Waals surface area contributed by atoms with Crippen molar-refractivity contribution in [2.45, 2.75) is 32.4 Å². The molecule has 0 amide bonds. The Labute approximate surface area is 142 Å². The van der Waals surface area contributed by atoms with Gasteiger partial charge in [0.2, 0.25) is 0 Å². The monoisotopic (exact) mass is 331 g/mol. The number of hydrogen-bond donors (Lipinski definition) is 2. The molecule has 1 aromatic carbocycles. The molecule has 0 saturated carbocycles. The second-order valence-corrected chi connectivity index (χ2v) is 7.41. The summed E-state index contributed by atoms with van der Waals surface area (Å²) in [5, 5.41) is 14.5. The minimum atomic E-state index is -0.294. The van der Waals surface area contributed by atoms with Gasteiger partial charge in [-0.1, -0.05) is 29.8 Å². The number of rotatable bonds is 7. The summed E-state index contributed by atoms with van der Waals surface area (Å²) >= 11 is 1.71. The van der Waals surface area contributed by atoms with Crippen LogP contribution in [0.3, 0.4) is 0 Å². The molecule has 1 aromatic heterocycles. The second kappa shape index (κ2) is 8.02. The maximum atomic E-state index is 10.1. The average Bonchev–Trinajstić information content (AvgIpc) is 3.20. The van der Waals surface area contributed by atoms with Crippen LogP contribution in [0, 0.1) is 6.92 Å². The lowest BCUT2D eigenvalue weighted by Gasteiger charge is -2.19. The van der Waals surface area contributed by atoms with Crippen LogP contribution in [0.25, 0.3) is 10.6 Å². The van der Waals surface area contributed by atoms with Crippen molar-refractivity contribution < 1.29 is 5.11 Å². The van der Waals surface area contributed by atoms with Crippen LogP contribution in [0.1, 0.15) is 23.3 Å². The number of benzene rings is 1. The SMILES string of the molecule is Cc1ccc(-c2ncc(CNCC(O)CN3CCCC3)s2)cc1. The minimum Gasteiger partial charge on any atom is -0.390 e. The van der Waals surface area contributed by atoms with Gasteiger partial charge in [-0.05, 0) is 32.9 Å². The molecule has 1 aliphatic rings. The smallest absolute Gasteiger partial charge is 0.123 e. The Hall–Kier alpha value is -1.27. The van der Waals surface area contributed by atoms with Gasteiger partial charge in [0.05, 0.1) is 6.10 Å². The molecule has 2 N–H and O–H groups in total. The first-order chi connectivity index (χ1) is 11.2. The number of likely N-dealkylation sites (tertiary alicyclic amines) is 1. The molecule has 1 aliphatic heterocycles. The van der Waals surface area contributed by atoms with Gasteiger partial charge in [0.15, 0.2) is 0 Å². The van der Waals surface area contributed by atoms with Crippen molar-refractivity contribution >= 4 is 11.3 Å². The number of aryl methyl sites for hydroxylation is 1. The largest absolute Gasteiger partial charge is 0.390 e. The number of aliphatic hydroxyl groups is 1. The van der Waals surface area contributed by atoms with E-state index in [0.717, 1.165) is 31.2 Å². The van der Waals surface area contributed by atoms with Gasteiger partial charge in [-0.25, -0.2) is 4.98 Å². The third kappa shape index (κ3) is 4.85. The Balaban J connectivity index is 1.44. The molecule has 1 fully saturated rings. The van der Waals surface area contributed by atoms with E-state index in [1.54, 1.807) is 11.3 Å². The highest BCUT2D eigenvalue weighted by atomic mass is 32.1. The predicted molar refractivity (Wildman–Crippen MR) is 95.7 cm³/mol. The number of β-amino-alcohol motifs (C(OH)–C–C–N with tert-alkyl or cyclic N) is 1. The fourth-order valence-corrected chi connectivity index (χ4v) is 3.80. The van der Waals surface area contributed by atoms with E-state index in [-0.39, 0.29) is 6.10 Å². The van der Waals surface area contributed by atoms with E-state index in [1.807, 2.05) is 6.20 Å². The zero-order valence-electron chi connectivity index (χ0n) is 13.7. The molecule has 0 spiro atoms. The number of thiazole rings is 1. The van der Waals surface area contributed by atoms with Gasteiger partial charge in [0.1, 0.15) is 5.01 Å². The summed E-state index contributed by atoms with van der Waals surface area (Å²) in [6.45, 7) is 6.53. The molecule has 124 valence electrons. The van der Waals surface area contributed by atoms with Crippen molar-refractivity contribution in [2.75, 3.05) is 26.2 Å².